The molecule has 0 aliphatic heterocycles. The molecule has 0 heterocycles. The van der Waals surface area contributed by atoms with Crippen LogP contribution < -0.4 is 5.32 Å². The Morgan fingerprint density at radius 1 is 0.921 bits per heavy atom. The van der Waals surface area contributed by atoms with Crippen LogP contribution in [0.4, 0.5) is 4.39 Å². The molecule has 2 amide bonds. The molecule has 0 bridgehead atoms. The first-order valence-electron chi connectivity index (χ1n) is 13.2. The summed E-state index contributed by atoms with van der Waals surface area (Å²) in [6.07, 6.45) is 6.02. The van der Waals surface area contributed by atoms with E-state index in [9.17, 15) is 14.0 Å². The van der Waals surface area contributed by atoms with Crippen LogP contribution in [0.2, 0.25) is 5.02 Å². The van der Waals surface area contributed by atoms with Gasteiger partial charge in [-0.25, -0.2) is 4.39 Å². The first-order chi connectivity index (χ1) is 18.5. The Labute approximate surface area is 234 Å². The molecule has 1 fully saturated rings. The molecule has 38 heavy (non-hydrogen) atoms. The largest absolute Gasteiger partial charge is 0.352 e. The SMILES string of the molecule is O=C(NC1CCCCC1)C(Cc1ccccc1)N(Cc1ccc(F)cc1)C(=O)CCSc1ccc(Cl)cc1. The van der Waals surface area contributed by atoms with E-state index in [-0.39, 0.29) is 36.6 Å². The number of carbonyl (C=O) groups is 2. The highest BCUT2D eigenvalue weighted by molar-refractivity contribution is 7.99. The molecule has 0 saturated heterocycles. The number of nitrogens with one attached hydrogen (secondary N) is 1. The van der Waals surface area contributed by atoms with E-state index in [1.807, 2.05) is 54.6 Å². The van der Waals surface area contributed by atoms with Crippen LogP contribution in [0.15, 0.2) is 83.8 Å². The summed E-state index contributed by atoms with van der Waals surface area (Å²) in [5, 5.41) is 3.92. The Kier molecular flexibility index (Phi) is 10.6. The average molecular weight is 553 g/mol. The predicted octanol–water partition coefficient (Wildman–Crippen LogP) is 7.05. The summed E-state index contributed by atoms with van der Waals surface area (Å²) in [6.45, 7) is 0.236. The summed E-state index contributed by atoms with van der Waals surface area (Å²) in [5.74, 6) is 0.0156. The topological polar surface area (TPSA) is 49.4 Å². The van der Waals surface area contributed by atoms with E-state index in [0.717, 1.165) is 41.7 Å². The lowest BCUT2D eigenvalue weighted by molar-refractivity contribution is -0.141. The molecule has 3 aromatic rings. The fourth-order valence-electron chi connectivity index (χ4n) is 4.82. The number of hydrogen-bond donors (Lipinski definition) is 1. The van der Waals surface area contributed by atoms with Crippen LogP contribution in [0.25, 0.3) is 0 Å². The van der Waals surface area contributed by atoms with Gasteiger partial charge in [0.2, 0.25) is 11.8 Å². The minimum absolute atomic E-state index is 0.101. The van der Waals surface area contributed by atoms with Crippen molar-refractivity contribution in [1.29, 1.82) is 0 Å². The van der Waals surface area contributed by atoms with Crippen LogP contribution in [-0.4, -0.2) is 34.6 Å². The molecular weight excluding hydrogens is 519 g/mol. The van der Waals surface area contributed by atoms with E-state index in [1.54, 1.807) is 28.8 Å². The highest BCUT2D eigenvalue weighted by Crippen LogP contribution is 2.23. The van der Waals surface area contributed by atoms with Crippen molar-refractivity contribution in [3.05, 3.63) is 101 Å². The zero-order valence-electron chi connectivity index (χ0n) is 21.5. The summed E-state index contributed by atoms with van der Waals surface area (Å²) in [4.78, 5) is 30.2. The lowest BCUT2D eigenvalue weighted by Crippen LogP contribution is -2.52. The van der Waals surface area contributed by atoms with Gasteiger partial charge in [0, 0.05) is 41.1 Å². The summed E-state index contributed by atoms with van der Waals surface area (Å²) in [5.41, 5.74) is 1.78. The number of carbonyl (C=O) groups excluding carboxylic acids is 2. The van der Waals surface area contributed by atoms with Gasteiger partial charge in [-0.2, -0.15) is 0 Å². The number of thioether (sulfide) groups is 1. The maximum Gasteiger partial charge on any atom is 0.243 e. The van der Waals surface area contributed by atoms with E-state index >= 15 is 0 Å². The second kappa shape index (κ2) is 14.4. The number of hydrogen-bond acceptors (Lipinski definition) is 3. The number of halogens is 2. The Balaban J connectivity index is 1.55. The number of amides is 2. The van der Waals surface area contributed by atoms with Crippen molar-refractivity contribution >= 4 is 35.2 Å². The Hall–Kier alpha value is -2.83. The van der Waals surface area contributed by atoms with Crippen LogP contribution in [-0.2, 0) is 22.6 Å². The van der Waals surface area contributed by atoms with Crippen molar-refractivity contribution < 1.29 is 14.0 Å². The van der Waals surface area contributed by atoms with Gasteiger partial charge in [0.1, 0.15) is 11.9 Å². The smallest absolute Gasteiger partial charge is 0.243 e. The van der Waals surface area contributed by atoms with Crippen molar-refractivity contribution in [3.63, 3.8) is 0 Å². The molecule has 1 aliphatic carbocycles. The average Bonchev–Trinajstić information content (AvgIpc) is 2.94. The molecule has 0 radical (unpaired) electrons. The highest BCUT2D eigenvalue weighted by Gasteiger charge is 2.31. The summed E-state index contributed by atoms with van der Waals surface area (Å²) in [6, 6.07) is 22.9. The molecule has 3 aromatic carbocycles. The summed E-state index contributed by atoms with van der Waals surface area (Å²) in [7, 11) is 0. The zero-order valence-corrected chi connectivity index (χ0v) is 23.0. The highest BCUT2D eigenvalue weighted by atomic mass is 35.5. The van der Waals surface area contributed by atoms with E-state index < -0.39 is 6.04 Å². The van der Waals surface area contributed by atoms with Gasteiger partial charge in [-0.15, -0.1) is 11.8 Å². The Morgan fingerprint density at radius 2 is 1.61 bits per heavy atom. The third-order valence-corrected chi connectivity index (χ3v) is 8.15. The molecule has 1 saturated carbocycles. The van der Waals surface area contributed by atoms with Gasteiger partial charge < -0.3 is 10.2 Å². The molecule has 7 heteroatoms. The minimum atomic E-state index is -0.669. The number of benzene rings is 3. The van der Waals surface area contributed by atoms with Crippen molar-refractivity contribution in [2.75, 3.05) is 5.75 Å². The van der Waals surface area contributed by atoms with Crippen molar-refractivity contribution in [2.45, 2.75) is 68.5 Å². The molecule has 200 valence electrons. The summed E-state index contributed by atoms with van der Waals surface area (Å²) < 4.78 is 13.6. The second-order valence-electron chi connectivity index (χ2n) is 9.75. The van der Waals surface area contributed by atoms with Crippen molar-refractivity contribution in [3.8, 4) is 0 Å². The minimum Gasteiger partial charge on any atom is -0.352 e. The van der Waals surface area contributed by atoms with E-state index in [2.05, 4.69) is 5.32 Å². The van der Waals surface area contributed by atoms with Gasteiger partial charge in [-0.3, -0.25) is 9.59 Å². The number of nitrogens with zero attached hydrogens (tertiary/aromatic N) is 1. The fraction of sp³-hybridized carbons (Fsp3) is 0.355. The van der Waals surface area contributed by atoms with Crippen molar-refractivity contribution in [2.24, 2.45) is 0 Å². The molecule has 4 nitrogen and oxygen atoms in total. The van der Waals surface area contributed by atoms with Gasteiger partial charge in [-0.1, -0.05) is 73.3 Å². The van der Waals surface area contributed by atoms with Crippen LogP contribution in [0.3, 0.4) is 0 Å². The normalized spacial score (nSPS) is 14.6. The van der Waals surface area contributed by atoms with E-state index in [4.69, 9.17) is 11.6 Å². The van der Waals surface area contributed by atoms with E-state index in [0.29, 0.717) is 17.2 Å². The van der Waals surface area contributed by atoms with Crippen LogP contribution in [0.1, 0.15) is 49.7 Å². The molecule has 1 atom stereocenters. The van der Waals surface area contributed by atoms with Gasteiger partial charge in [0.25, 0.3) is 0 Å². The first-order valence-corrected chi connectivity index (χ1v) is 14.6. The lowest BCUT2D eigenvalue weighted by Gasteiger charge is -2.33. The maximum absolute atomic E-state index is 13.8. The maximum atomic E-state index is 13.8. The van der Waals surface area contributed by atoms with Crippen LogP contribution in [0.5, 0.6) is 0 Å². The fourth-order valence-corrected chi connectivity index (χ4v) is 5.78. The molecule has 1 N–H and O–H groups in total. The molecule has 0 aromatic heterocycles. The molecule has 4 rings (SSSR count). The van der Waals surface area contributed by atoms with Crippen molar-refractivity contribution in [1.82, 2.24) is 10.2 Å². The molecular formula is C31H34ClFN2O2S. The quantitative estimate of drug-likeness (QED) is 0.259. The summed E-state index contributed by atoms with van der Waals surface area (Å²) >= 11 is 7.57. The first kappa shape index (κ1) is 28.2. The van der Waals surface area contributed by atoms with Crippen LogP contribution >= 0.6 is 23.4 Å². The molecule has 1 unspecified atom stereocenters. The lowest BCUT2D eigenvalue weighted by atomic mass is 9.94. The standard InChI is InChI=1S/C31H34ClFN2O2S/c32-25-13-17-28(18-14-25)38-20-19-30(36)35(22-24-11-15-26(33)16-12-24)29(21-23-7-3-1-4-8-23)31(37)34-27-9-5-2-6-10-27/h1,3-4,7-8,11-18,27,29H,2,5-6,9-10,19-22H2,(H,34,37). The third kappa shape index (κ3) is 8.60. The molecule has 0 spiro atoms. The Bertz CT molecular complexity index is 1170. The van der Waals surface area contributed by atoms with Gasteiger partial charge in [0.15, 0.2) is 0 Å². The van der Waals surface area contributed by atoms with E-state index in [1.165, 1.54) is 18.6 Å². The monoisotopic (exact) mass is 552 g/mol. The second-order valence-corrected chi connectivity index (χ2v) is 11.4. The van der Waals surface area contributed by atoms with Gasteiger partial charge in [0.05, 0.1) is 0 Å². The predicted molar refractivity (Wildman–Crippen MR) is 153 cm³/mol. The number of rotatable bonds is 11. The third-order valence-electron chi connectivity index (χ3n) is 6.89. The van der Waals surface area contributed by atoms with Crippen LogP contribution in [0, 0.1) is 5.82 Å². The molecule has 1 aliphatic rings. The van der Waals surface area contributed by atoms with Gasteiger partial charge >= 0.3 is 0 Å². The zero-order chi connectivity index (χ0) is 26.7. The van der Waals surface area contributed by atoms with Gasteiger partial charge in [-0.05, 0) is 60.4 Å². The Morgan fingerprint density at radius 3 is 2.29 bits per heavy atom.